The molecule has 1 aliphatic heterocycles. The Kier molecular flexibility index (Phi) is 8.71. The Hall–Kier alpha value is -1.87. The number of hydrogen-bond donors (Lipinski definition) is 0. The van der Waals surface area contributed by atoms with Crippen molar-refractivity contribution in [2.24, 2.45) is 0 Å². The lowest BCUT2D eigenvalue weighted by atomic mass is 10.0. The molecule has 31 heavy (non-hydrogen) atoms. The predicted molar refractivity (Wildman–Crippen MR) is 131 cm³/mol. The monoisotopic (exact) mass is 462 g/mol. The van der Waals surface area contributed by atoms with Crippen molar-refractivity contribution in [2.75, 3.05) is 0 Å². The van der Waals surface area contributed by atoms with Gasteiger partial charge in [0.05, 0.1) is 6.10 Å². The van der Waals surface area contributed by atoms with Gasteiger partial charge in [0.25, 0.3) is 0 Å². The maximum atomic E-state index is 13.2. The fourth-order valence-electron chi connectivity index (χ4n) is 3.42. The molecular formula is C24H38O5Si2. The molecule has 0 spiro atoms. The zero-order chi connectivity index (χ0) is 23.2. The van der Waals surface area contributed by atoms with Crippen LogP contribution in [-0.4, -0.2) is 34.5 Å². The van der Waals surface area contributed by atoms with Gasteiger partial charge in [-0.2, -0.15) is 0 Å². The summed E-state index contributed by atoms with van der Waals surface area (Å²) in [5.74, 6) is 1.14. The molecule has 0 unspecified atom stereocenters. The molecule has 0 radical (unpaired) electrons. The first-order valence-corrected chi connectivity index (χ1v) is 18.1. The normalized spacial score (nSPS) is 20.3. The molecule has 7 heteroatoms. The highest BCUT2D eigenvalue weighted by molar-refractivity contribution is 6.71. The largest absolute Gasteiger partial charge is 0.544 e. The average molecular weight is 463 g/mol. The standard InChI is InChI=1S/C24H38O5Si2/c1-18-12-11-15-20(25)14-10-8-9-13-19-16-21(28-30(2,3)4)17-22(29-31(5,6)7)23(19)24(26)27-18/h9,13,16-18H,8,10-12,14-15H2,1-7H3/b13-9+/t18-/m0/s1. The number of fused-ring (bicyclic) bond motifs is 1. The number of carbonyl (C=O) groups excluding carboxylic acids is 2. The maximum Gasteiger partial charge on any atom is 0.342 e. The van der Waals surface area contributed by atoms with E-state index in [0.717, 1.165) is 24.8 Å². The molecule has 0 aromatic heterocycles. The second kappa shape index (κ2) is 10.6. The Balaban J connectivity index is 2.55. The Labute approximate surface area is 189 Å². The number of cyclic esters (lactones) is 1. The van der Waals surface area contributed by atoms with Crippen LogP contribution in [0, 0.1) is 0 Å². The molecular weight excluding hydrogens is 424 g/mol. The van der Waals surface area contributed by atoms with E-state index in [4.69, 9.17) is 13.6 Å². The van der Waals surface area contributed by atoms with Gasteiger partial charge in [-0.15, -0.1) is 0 Å². The summed E-state index contributed by atoms with van der Waals surface area (Å²) in [6.07, 6.45) is 7.82. The lowest BCUT2D eigenvalue weighted by Gasteiger charge is -2.26. The number of ketones is 1. The fraction of sp³-hybridized carbons (Fsp3) is 0.583. The van der Waals surface area contributed by atoms with Crippen LogP contribution in [0.5, 0.6) is 11.5 Å². The molecule has 0 amide bonds. The molecule has 0 N–H and O–H groups in total. The van der Waals surface area contributed by atoms with E-state index in [0.29, 0.717) is 36.3 Å². The molecule has 0 fully saturated rings. The van der Waals surface area contributed by atoms with Crippen LogP contribution in [-0.2, 0) is 9.53 Å². The number of esters is 1. The summed E-state index contributed by atoms with van der Waals surface area (Å²) in [5.41, 5.74) is 1.20. The van der Waals surface area contributed by atoms with Crippen molar-refractivity contribution in [1.29, 1.82) is 0 Å². The fourth-order valence-corrected chi connectivity index (χ4v) is 5.07. The molecule has 2 rings (SSSR count). The van der Waals surface area contributed by atoms with Gasteiger partial charge in [-0.05, 0) is 83.5 Å². The smallest absolute Gasteiger partial charge is 0.342 e. The third-order valence-electron chi connectivity index (χ3n) is 4.65. The van der Waals surface area contributed by atoms with E-state index >= 15 is 0 Å². The first kappa shape index (κ1) is 25.4. The number of Topliss-reactive ketones (excluding diaryl/α,β-unsaturated/α-hetero) is 1. The summed E-state index contributed by atoms with van der Waals surface area (Å²) < 4.78 is 18.4. The maximum absolute atomic E-state index is 13.2. The minimum absolute atomic E-state index is 0.266. The predicted octanol–water partition coefficient (Wildman–Crippen LogP) is 6.60. The number of hydrogen-bond acceptors (Lipinski definition) is 5. The average Bonchev–Trinajstić information content (AvgIpc) is 2.57. The number of ether oxygens (including phenoxy) is 1. The molecule has 1 atom stereocenters. The SMILES string of the molecule is C[C@H]1CCCC(=O)CCC/C=C/c2cc(O[Si](C)(C)C)cc(O[Si](C)(C)C)c2C(=O)O1. The van der Waals surface area contributed by atoms with Crippen LogP contribution in [0.1, 0.15) is 61.4 Å². The number of benzene rings is 1. The minimum Gasteiger partial charge on any atom is -0.544 e. The van der Waals surface area contributed by atoms with Crippen molar-refractivity contribution in [3.05, 3.63) is 29.3 Å². The van der Waals surface area contributed by atoms with Gasteiger partial charge >= 0.3 is 5.97 Å². The summed E-state index contributed by atoms with van der Waals surface area (Å²) in [5, 5.41) is 0. The van der Waals surface area contributed by atoms with Crippen LogP contribution >= 0.6 is 0 Å². The summed E-state index contributed by atoms with van der Waals surface area (Å²) in [6.45, 7) is 14.5. The highest BCUT2D eigenvalue weighted by Crippen LogP contribution is 2.34. The molecule has 0 aliphatic carbocycles. The topological polar surface area (TPSA) is 61.8 Å². The number of allylic oxidation sites excluding steroid dienone is 1. The Morgan fingerprint density at radius 2 is 1.58 bits per heavy atom. The van der Waals surface area contributed by atoms with Crippen molar-refractivity contribution in [2.45, 2.75) is 90.8 Å². The van der Waals surface area contributed by atoms with Gasteiger partial charge in [0.1, 0.15) is 22.8 Å². The van der Waals surface area contributed by atoms with Crippen molar-refractivity contribution in [1.82, 2.24) is 0 Å². The molecule has 1 aromatic rings. The van der Waals surface area contributed by atoms with E-state index in [1.807, 2.05) is 31.2 Å². The van der Waals surface area contributed by atoms with E-state index in [1.165, 1.54) is 0 Å². The third kappa shape index (κ3) is 9.03. The van der Waals surface area contributed by atoms with Crippen LogP contribution in [0.4, 0.5) is 0 Å². The van der Waals surface area contributed by atoms with Crippen LogP contribution in [0.3, 0.4) is 0 Å². The van der Waals surface area contributed by atoms with Crippen molar-refractivity contribution >= 4 is 34.5 Å². The van der Waals surface area contributed by atoms with Gasteiger partial charge in [-0.3, -0.25) is 4.79 Å². The van der Waals surface area contributed by atoms with E-state index < -0.39 is 16.6 Å². The quantitative estimate of drug-likeness (QED) is 0.373. The Morgan fingerprint density at radius 3 is 2.23 bits per heavy atom. The lowest BCUT2D eigenvalue weighted by Crippen LogP contribution is -2.31. The van der Waals surface area contributed by atoms with Gasteiger partial charge < -0.3 is 13.6 Å². The first-order valence-electron chi connectivity index (χ1n) is 11.3. The van der Waals surface area contributed by atoms with Crippen molar-refractivity contribution in [3.63, 3.8) is 0 Å². The summed E-state index contributed by atoms with van der Waals surface area (Å²) >= 11 is 0. The summed E-state index contributed by atoms with van der Waals surface area (Å²) in [6, 6.07) is 3.75. The number of rotatable bonds is 4. The zero-order valence-corrected chi connectivity index (χ0v) is 22.2. The van der Waals surface area contributed by atoms with Crippen molar-refractivity contribution < 1.29 is 23.2 Å². The summed E-state index contributed by atoms with van der Waals surface area (Å²) in [7, 11) is -3.84. The highest BCUT2D eigenvalue weighted by atomic mass is 28.4. The molecule has 1 aliphatic rings. The van der Waals surface area contributed by atoms with Crippen molar-refractivity contribution in [3.8, 4) is 11.5 Å². The van der Waals surface area contributed by atoms with E-state index in [9.17, 15) is 9.59 Å². The molecule has 1 heterocycles. The summed E-state index contributed by atoms with van der Waals surface area (Å²) in [4.78, 5) is 25.3. The highest BCUT2D eigenvalue weighted by Gasteiger charge is 2.27. The lowest BCUT2D eigenvalue weighted by molar-refractivity contribution is -0.119. The number of carbonyl (C=O) groups is 2. The van der Waals surface area contributed by atoms with Gasteiger partial charge in [-0.1, -0.05) is 12.2 Å². The van der Waals surface area contributed by atoms with E-state index in [1.54, 1.807) is 0 Å². The van der Waals surface area contributed by atoms with Crippen LogP contribution in [0.25, 0.3) is 6.08 Å². The first-order chi connectivity index (χ1) is 14.3. The second-order valence-corrected chi connectivity index (χ2v) is 19.1. The van der Waals surface area contributed by atoms with Gasteiger partial charge in [0, 0.05) is 18.9 Å². The third-order valence-corrected chi connectivity index (χ3v) is 6.33. The molecule has 5 nitrogen and oxygen atoms in total. The van der Waals surface area contributed by atoms with Gasteiger partial charge in [0.15, 0.2) is 0 Å². The van der Waals surface area contributed by atoms with Crippen LogP contribution < -0.4 is 8.85 Å². The van der Waals surface area contributed by atoms with Gasteiger partial charge in [-0.25, -0.2) is 4.79 Å². The van der Waals surface area contributed by atoms with E-state index in [-0.39, 0.29) is 17.9 Å². The Bertz CT molecular complexity index is 818. The molecule has 0 bridgehead atoms. The molecule has 0 saturated heterocycles. The molecule has 172 valence electrons. The second-order valence-electron chi connectivity index (χ2n) is 10.3. The van der Waals surface area contributed by atoms with E-state index in [2.05, 4.69) is 39.3 Å². The molecule has 1 aromatic carbocycles. The zero-order valence-electron chi connectivity index (χ0n) is 20.2. The Morgan fingerprint density at radius 1 is 0.935 bits per heavy atom. The van der Waals surface area contributed by atoms with Crippen LogP contribution in [0.15, 0.2) is 18.2 Å². The minimum atomic E-state index is -1.99. The molecule has 0 saturated carbocycles. The van der Waals surface area contributed by atoms with Gasteiger partial charge in [0.2, 0.25) is 16.6 Å². The van der Waals surface area contributed by atoms with Crippen LogP contribution in [0.2, 0.25) is 39.3 Å².